The predicted octanol–water partition coefficient (Wildman–Crippen LogP) is 4.43. The van der Waals surface area contributed by atoms with Crippen LogP contribution < -0.4 is 4.74 Å². The van der Waals surface area contributed by atoms with Crippen molar-refractivity contribution in [3.8, 4) is 5.75 Å². The summed E-state index contributed by atoms with van der Waals surface area (Å²) in [6, 6.07) is 9.18. The number of piperidine rings is 1. The van der Waals surface area contributed by atoms with Gasteiger partial charge in [-0.25, -0.2) is 0 Å². The van der Waals surface area contributed by atoms with Crippen molar-refractivity contribution in [1.82, 2.24) is 9.88 Å². The predicted molar refractivity (Wildman–Crippen MR) is 93.7 cm³/mol. The summed E-state index contributed by atoms with van der Waals surface area (Å²) in [7, 11) is 1.74. The molecule has 1 atom stereocenters. The van der Waals surface area contributed by atoms with Crippen LogP contribution in [-0.2, 0) is 6.54 Å². The molecule has 1 aliphatic rings. The summed E-state index contributed by atoms with van der Waals surface area (Å²) in [5, 5.41) is 0. The molecule has 1 fully saturated rings. The number of aromatic nitrogens is 1. The fourth-order valence-electron chi connectivity index (χ4n) is 3.59. The van der Waals surface area contributed by atoms with Crippen molar-refractivity contribution < 1.29 is 4.74 Å². The number of rotatable bonds is 4. The summed E-state index contributed by atoms with van der Waals surface area (Å²) in [5.74, 6) is 0.980. The van der Waals surface area contributed by atoms with Gasteiger partial charge >= 0.3 is 0 Å². The Morgan fingerprint density at radius 2 is 2.09 bits per heavy atom. The molecule has 3 nitrogen and oxygen atoms in total. The normalized spacial score (nSPS) is 18.8. The molecule has 3 rings (SSSR count). The van der Waals surface area contributed by atoms with Crippen molar-refractivity contribution in [2.75, 3.05) is 13.7 Å². The second-order valence-corrected chi connectivity index (χ2v) is 6.52. The van der Waals surface area contributed by atoms with Crippen molar-refractivity contribution >= 4 is 0 Å². The van der Waals surface area contributed by atoms with Crippen LogP contribution in [0.25, 0.3) is 0 Å². The van der Waals surface area contributed by atoms with Gasteiger partial charge in [0.25, 0.3) is 0 Å². The Labute approximate surface area is 139 Å². The zero-order chi connectivity index (χ0) is 16.2. The molecular weight excluding hydrogens is 284 g/mol. The van der Waals surface area contributed by atoms with E-state index >= 15 is 0 Å². The van der Waals surface area contributed by atoms with Gasteiger partial charge in [-0.15, -0.1) is 0 Å². The third-order valence-electron chi connectivity index (χ3n) is 4.91. The van der Waals surface area contributed by atoms with E-state index in [0.717, 1.165) is 18.8 Å². The first-order chi connectivity index (χ1) is 11.2. The molecule has 1 aromatic carbocycles. The van der Waals surface area contributed by atoms with Crippen LogP contribution in [0.4, 0.5) is 0 Å². The number of nitrogens with zero attached hydrogens (tertiary/aromatic N) is 2. The van der Waals surface area contributed by atoms with Gasteiger partial charge < -0.3 is 4.74 Å². The van der Waals surface area contributed by atoms with Gasteiger partial charge in [0.1, 0.15) is 5.75 Å². The second kappa shape index (κ2) is 7.14. The van der Waals surface area contributed by atoms with Crippen LogP contribution >= 0.6 is 0 Å². The van der Waals surface area contributed by atoms with Crippen LogP contribution in [0, 0.1) is 13.8 Å². The van der Waals surface area contributed by atoms with E-state index in [4.69, 9.17) is 4.74 Å². The Balaban J connectivity index is 1.84. The minimum Gasteiger partial charge on any atom is -0.496 e. The van der Waals surface area contributed by atoms with Crippen LogP contribution in [0.15, 0.2) is 36.7 Å². The molecule has 2 aromatic rings. The van der Waals surface area contributed by atoms with Crippen molar-refractivity contribution in [2.45, 2.75) is 45.7 Å². The monoisotopic (exact) mass is 310 g/mol. The lowest BCUT2D eigenvalue weighted by Crippen LogP contribution is -2.33. The van der Waals surface area contributed by atoms with Gasteiger partial charge in [-0.3, -0.25) is 9.88 Å². The van der Waals surface area contributed by atoms with E-state index in [2.05, 4.69) is 41.9 Å². The van der Waals surface area contributed by atoms with Gasteiger partial charge in [-0.05, 0) is 67.6 Å². The molecule has 0 bridgehead atoms. The highest BCUT2D eigenvalue weighted by molar-refractivity contribution is 5.41. The number of likely N-dealkylation sites (tertiary alicyclic amines) is 1. The van der Waals surface area contributed by atoms with E-state index in [9.17, 15) is 0 Å². The van der Waals surface area contributed by atoms with Crippen LogP contribution in [0.1, 0.15) is 47.6 Å². The van der Waals surface area contributed by atoms with E-state index < -0.39 is 0 Å². The Morgan fingerprint density at radius 3 is 2.83 bits per heavy atom. The third kappa shape index (κ3) is 3.56. The Hall–Kier alpha value is -1.87. The zero-order valence-electron chi connectivity index (χ0n) is 14.4. The number of hydrogen-bond donors (Lipinski definition) is 0. The van der Waals surface area contributed by atoms with Gasteiger partial charge in [-0.2, -0.15) is 0 Å². The highest BCUT2D eigenvalue weighted by Crippen LogP contribution is 2.33. The molecule has 0 spiro atoms. The van der Waals surface area contributed by atoms with Crippen molar-refractivity contribution in [1.29, 1.82) is 0 Å². The molecule has 1 aromatic heterocycles. The lowest BCUT2D eigenvalue weighted by molar-refractivity contribution is 0.140. The second-order valence-electron chi connectivity index (χ2n) is 6.52. The summed E-state index contributed by atoms with van der Waals surface area (Å²) in [5.41, 5.74) is 5.26. The summed E-state index contributed by atoms with van der Waals surface area (Å²) in [4.78, 5) is 6.92. The van der Waals surface area contributed by atoms with Crippen molar-refractivity contribution in [3.05, 3.63) is 58.9 Å². The first kappa shape index (κ1) is 16.0. The van der Waals surface area contributed by atoms with Gasteiger partial charge in [0.05, 0.1) is 7.11 Å². The van der Waals surface area contributed by atoms with Crippen LogP contribution in [-0.4, -0.2) is 23.5 Å². The van der Waals surface area contributed by atoms with Crippen molar-refractivity contribution in [2.24, 2.45) is 0 Å². The molecule has 1 aliphatic heterocycles. The van der Waals surface area contributed by atoms with Gasteiger partial charge in [0, 0.05) is 25.0 Å². The van der Waals surface area contributed by atoms with Crippen LogP contribution in [0.3, 0.4) is 0 Å². The average Bonchev–Trinajstić information content (AvgIpc) is 2.59. The van der Waals surface area contributed by atoms with Crippen LogP contribution in [0.2, 0.25) is 0 Å². The molecule has 0 saturated carbocycles. The van der Waals surface area contributed by atoms with Crippen LogP contribution in [0.5, 0.6) is 5.75 Å². The summed E-state index contributed by atoms with van der Waals surface area (Å²) in [6.07, 6.45) is 7.68. The molecule has 1 saturated heterocycles. The lowest BCUT2D eigenvalue weighted by atomic mass is 9.95. The standard InChI is InChI=1S/C20H26N2O/c1-15-12-20(23-3)16(2)11-18(15)14-22-10-5-4-8-19(22)17-7-6-9-21-13-17/h6-7,9,11-13,19H,4-5,8,10,14H2,1-3H3/t19-/m0/s1. The smallest absolute Gasteiger partial charge is 0.122 e. The fraction of sp³-hybridized carbons (Fsp3) is 0.450. The van der Waals surface area contributed by atoms with E-state index in [-0.39, 0.29) is 0 Å². The number of pyridine rings is 1. The summed E-state index contributed by atoms with van der Waals surface area (Å²) < 4.78 is 5.44. The summed E-state index contributed by atoms with van der Waals surface area (Å²) >= 11 is 0. The zero-order valence-corrected chi connectivity index (χ0v) is 14.4. The number of aryl methyl sites for hydroxylation is 2. The number of ether oxygens (including phenoxy) is 1. The molecule has 23 heavy (non-hydrogen) atoms. The minimum absolute atomic E-state index is 0.485. The number of benzene rings is 1. The maximum Gasteiger partial charge on any atom is 0.122 e. The fourth-order valence-corrected chi connectivity index (χ4v) is 3.59. The first-order valence-corrected chi connectivity index (χ1v) is 8.47. The SMILES string of the molecule is COc1cc(C)c(CN2CCCC[C@H]2c2cccnc2)cc1C. The van der Waals surface area contributed by atoms with E-state index in [0.29, 0.717) is 6.04 Å². The molecule has 0 N–H and O–H groups in total. The quantitative estimate of drug-likeness (QED) is 0.835. The number of methoxy groups -OCH3 is 1. The van der Waals surface area contributed by atoms with E-state index in [1.807, 2.05) is 18.5 Å². The van der Waals surface area contributed by atoms with Gasteiger partial charge in [0.15, 0.2) is 0 Å². The maximum absolute atomic E-state index is 5.44. The Morgan fingerprint density at radius 1 is 1.22 bits per heavy atom. The highest BCUT2D eigenvalue weighted by Gasteiger charge is 2.24. The Bertz CT molecular complexity index is 654. The molecule has 0 amide bonds. The average molecular weight is 310 g/mol. The molecule has 2 heterocycles. The minimum atomic E-state index is 0.485. The summed E-state index contributed by atoms with van der Waals surface area (Å²) in [6.45, 7) is 6.46. The third-order valence-corrected chi connectivity index (χ3v) is 4.91. The largest absolute Gasteiger partial charge is 0.496 e. The maximum atomic E-state index is 5.44. The Kier molecular flexibility index (Phi) is 4.97. The first-order valence-electron chi connectivity index (χ1n) is 8.47. The van der Waals surface area contributed by atoms with Gasteiger partial charge in [0.2, 0.25) is 0 Å². The molecule has 0 aliphatic carbocycles. The van der Waals surface area contributed by atoms with E-state index in [1.54, 1.807) is 7.11 Å². The molecule has 3 heteroatoms. The van der Waals surface area contributed by atoms with Crippen molar-refractivity contribution in [3.63, 3.8) is 0 Å². The molecule has 0 unspecified atom stereocenters. The molecule has 0 radical (unpaired) electrons. The topological polar surface area (TPSA) is 25.4 Å². The lowest BCUT2D eigenvalue weighted by Gasteiger charge is -2.36. The molecular formula is C20H26N2O. The van der Waals surface area contributed by atoms with E-state index in [1.165, 1.54) is 41.5 Å². The molecule has 122 valence electrons. The highest BCUT2D eigenvalue weighted by atomic mass is 16.5. The number of hydrogen-bond acceptors (Lipinski definition) is 3. The van der Waals surface area contributed by atoms with Gasteiger partial charge in [-0.1, -0.05) is 18.6 Å².